The van der Waals surface area contributed by atoms with Gasteiger partial charge in [0.15, 0.2) is 5.76 Å². The zero-order chi connectivity index (χ0) is 19.1. The second-order valence-corrected chi connectivity index (χ2v) is 6.51. The van der Waals surface area contributed by atoms with Crippen molar-refractivity contribution < 1.29 is 4.42 Å². The van der Waals surface area contributed by atoms with E-state index in [4.69, 9.17) is 4.42 Å². The third kappa shape index (κ3) is 2.63. The normalized spacial score (nSPS) is 11.8. The number of rotatable bonds is 3. The summed E-state index contributed by atoms with van der Waals surface area (Å²) in [6, 6.07) is 20.6. The Hall–Kier alpha value is -3.93. The van der Waals surface area contributed by atoms with Crippen LogP contribution in [-0.4, -0.2) is 20.4 Å². The van der Waals surface area contributed by atoms with Crippen LogP contribution in [0.5, 0.6) is 0 Å². The Labute approximate surface area is 160 Å². The van der Waals surface area contributed by atoms with Gasteiger partial charge in [0.25, 0.3) is 5.56 Å². The van der Waals surface area contributed by atoms with Crippen LogP contribution in [0.15, 0.2) is 87.2 Å². The van der Waals surface area contributed by atoms with Gasteiger partial charge in [0.1, 0.15) is 5.58 Å². The van der Waals surface area contributed by atoms with E-state index < -0.39 is 0 Å². The predicted octanol–water partition coefficient (Wildman–Crippen LogP) is 4.03. The van der Waals surface area contributed by atoms with Crippen LogP contribution >= 0.6 is 0 Å². The van der Waals surface area contributed by atoms with Crippen molar-refractivity contribution in [1.82, 2.24) is 14.2 Å². The van der Waals surface area contributed by atoms with Crippen LogP contribution in [0.2, 0.25) is 0 Å². The molecule has 0 saturated carbocycles. The second-order valence-electron chi connectivity index (χ2n) is 6.51. The van der Waals surface area contributed by atoms with Crippen molar-refractivity contribution in [2.24, 2.45) is 12.1 Å². The molecule has 0 atom stereocenters. The van der Waals surface area contributed by atoms with Crippen molar-refractivity contribution in [2.75, 3.05) is 0 Å². The summed E-state index contributed by atoms with van der Waals surface area (Å²) in [6.45, 7) is 0. The van der Waals surface area contributed by atoms with E-state index in [0.717, 1.165) is 16.7 Å². The molecule has 2 aromatic carbocycles. The lowest BCUT2D eigenvalue weighted by Crippen LogP contribution is -2.20. The number of fused-ring (bicyclic) bond motifs is 2. The van der Waals surface area contributed by atoms with E-state index in [1.807, 2.05) is 78.5 Å². The number of nitrogens with zero attached hydrogens (tertiary/aromatic N) is 4. The van der Waals surface area contributed by atoms with E-state index in [1.54, 1.807) is 12.3 Å². The summed E-state index contributed by atoms with van der Waals surface area (Å²) in [5.41, 5.74) is 1.97. The summed E-state index contributed by atoms with van der Waals surface area (Å²) in [4.78, 5) is 17.8. The first-order chi connectivity index (χ1) is 13.7. The third-order valence-electron chi connectivity index (χ3n) is 4.69. The van der Waals surface area contributed by atoms with Gasteiger partial charge < -0.3 is 8.98 Å². The number of benzene rings is 2. The summed E-state index contributed by atoms with van der Waals surface area (Å²) >= 11 is 0. The smallest absolute Gasteiger partial charge is 0.282 e. The van der Waals surface area contributed by atoms with Crippen LogP contribution in [-0.2, 0) is 7.05 Å². The number of aromatic nitrogens is 3. The molecule has 3 aromatic heterocycles. The Morgan fingerprint density at radius 2 is 1.86 bits per heavy atom. The second kappa shape index (κ2) is 6.35. The van der Waals surface area contributed by atoms with Crippen molar-refractivity contribution >= 4 is 28.1 Å². The highest BCUT2D eigenvalue weighted by atomic mass is 16.3. The van der Waals surface area contributed by atoms with Gasteiger partial charge in [-0.15, -0.1) is 0 Å². The minimum absolute atomic E-state index is 0.244. The van der Waals surface area contributed by atoms with E-state index in [9.17, 15) is 4.79 Å². The molecule has 0 N–H and O–H groups in total. The van der Waals surface area contributed by atoms with Crippen LogP contribution in [0, 0.1) is 0 Å². The Bertz CT molecular complexity index is 1370. The fraction of sp³-hybridized carbons (Fsp3) is 0.0455. The van der Waals surface area contributed by atoms with Gasteiger partial charge in [-0.3, -0.25) is 4.79 Å². The summed E-state index contributed by atoms with van der Waals surface area (Å²) in [5, 5.41) is 5.89. The van der Waals surface area contributed by atoms with Crippen molar-refractivity contribution in [3.8, 4) is 11.6 Å². The number of furan rings is 1. The molecule has 6 heteroatoms. The molecular formula is C22H16N4O2. The molecule has 5 aromatic rings. The van der Waals surface area contributed by atoms with Crippen LogP contribution in [0.4, 0.5) is 0 Å². The topological polar surface area (TPSA) is 65.3 Å². The maximum atomic E-state index is 13.1. The monoisotopic (exact) mass is 368 g/mol. The minimum Gasteiger partial charge on any atom is -0.453 e. The molecule has 0 amide bonds. The van der Waals surface area contributed by atoms with Crippen molar-refractivity contribution in [3.63, 3.8) is 0 Å². The molecule has 0 spiro atoms. The molecule has 28 heavy (non-hydrogen) atoms. The standard InChI is InChI=1S/C22H16N4O2/c1-25-12-6-8-16(25)14-23-26-21(20-13-15-7-2-5-11-19(15)28-20)24-18-10-4-3-9-17(18)22(26)27/h2-14H,1H3. The molecule has 0 bridgehead atoms. The Morgan fingerprint density at radius 3 is 2.68 bits per heavy atom. The zero-order valence-electron chi connectivity index (χ0n) is 15.1. The predicted molar refractivity (Wildman–Crippen MR) is 110 cm³/mol. The van der Waals surface area contributed by atoms with E-state index >= 15 is 0 Å². The summed E-state index contributed by atoms with van der Waals surface area (Å²) in [7, 11) is 1.92. The molecule has 0 aliphatic carbocycles. The molecule has 0 aliphatic rings. The van der Waals surface area contributed by atoms with Crippen LogP contribution < -0.4 is 5.56 Å². The highest BCUT2D eigenvalue weighted by Gasteiger charge is 2.16. The summed E-state index contributed by atoms with van der Waals surface area (Å²) in [5.74, 6) is 0.860. The van der Waals surface area contributed by atoms with Crippen LogP contribution in [0.3, 0.4) is 0 Å². The van der Waals surface area contributed by atoms with Crippen molar-refractivity contribution in [3.05, 3.63) is 89.0 Å². The fourth-order valence-electron chi connectivity index (χ4n) is 3.21. The van der Waals surface area contributed by atoms with Gasteiger partial charge in [-0.1, -0.05) is 30.3 Å². The quantitative estimate of drug-likeness (QED) is 0.452. The van der Waals surface area contributed by atoms with Gasteiger partial charge in [-0.2, -0.15) is 9.78 Å². The number of hydrogen-bond donors (Lipinski definition) is 0. The molecule has 3 heterocycles. The van der Waals surface area contributed by atoms with Gasteiger partial charge in [0.2, 0.25) is 5.82 Å². The van der Waals surface area contributed by atoms with E-state index in [-0.39, 0.29) is 5.56 Å². The Morgan fingerprint density at radius 1 is 1.04 bits per heavy atom. The minimum atomic E-state index is -0.244. The van der Waals surface area contributed by atoms with Crippen molar-refractivity contribution in [1.29, 1.82) is 0 Å². The SMILES string of the molecule is Cn1cccc1C=Nn1c(-c2cc3ccccc3o2)nc2ccccc2c1=O. The molecule has 0 saturated heterocycles. The lowest BCUT2D eigenvalue weighted by molar-refractivity contribution is 0.616. The molecule has 0 fully saturated rings. The molecule has 5 rings (SSSR count). The molecule has 0 unspecified atom stereocenters. The molecule has 0 aliphatic heterocycles. The Balaban J connectivity index is 1.78. The Kier molecular flexibility index (Phi) is 3.69. The summed E-state index contributed by atoms with van der Waals surface area (Å²) < 4.78 is 9.18. The first-order valence-corrected chi connectivity index (χ1v) is 8.87. The molecule has 0 radical (unpaired) electrons. The molecule has 136 valence electrons. The van der Waals surface area contributed by atoms with Gasteiger partial charge in [-0.05, 0) is 36.4 Å². The van der Waals surface area contributed by atoms with Gasteiger partial charge in [0.05, 0.1) is 22.8 Å². The average Bonchev–Trinajstić information content (AvgIpc) is 3.33. The molecular weight excluding hydrogens is 352 g/mol. The van der Waals surface area contributed by atoms with E-state index in [0.29, 0.717) is 22.5 Å². The highest BCUT2D eigenvalue weighted by molar-refractivity contribution is 5.84. The van der Waals surface area contributed by atoms with Gasteiger partial charge >= 0.3 is 0 Å². The largest absolute Gasteiger partial charge is 0.453 e. The van der Waals surface area contributed by atoms with Gasteiger partial charge in [-0.25, -0.2) is 4.98 Å². The number of aryl methyl sites for hydroxylation is 1. The van der Waals surface area contributed by atoms with Crippen LogP contribution in [0.25, 0.3) is 33.5 Å². The third-order valence-corrected chi connectivity index (χ3v) is 4.69. The highest BCUT2D eigenvalue weighted by Crippen LogP contribution is 2.27. The maximum absolute atomic E-state index is 13.1. The number of para-hydroxylation sites is 2. The zero-order valence-corrected chi connectivity index (χ0v) is 15.1. The van der Waals surface area contributed by atoms with Crippen LogP contribution in [0.1, 0.15) is 5.69 Å². The first-order valence-electron chi connectivity index (χ1n) is 8.87. The average molecular weight is 368 g/mol. The lowest BCUT2D eigenvalue weighted by Gasteiger charge is -2.07. The number of hydrogen-bond acceptors (Lipinski definition) is 4. The van der Waals surface area contributed by atoms with Crippen molar-refractivity contribution in [2.45, 2.75) is 0 Å². The van der Waals surface area contributed by atoms with E-state index in [2.05, 4.69) is 10.1 Å². The van der Waals surface area contributed by atoms with Gasteiger partial charge in [0, 0.05) is 18.6 Å². The fourth-order valence-corrected chi connectivity index (χ4v) is 3.21. The first kappa shape index (κ1) is 16.3. The maximum Gasteiger partial charge on any atom is 0.282 e. The summed E-state index contributed by atoms with van der Waals surface area (Å²) in [6.07, 6.45) is 3.56. The van der Waals surface area contributed by atoms with E-state index in [1.165, 1.54) is 4.68 Å². The lowest BCUT2D eigenvalue weighted by atomic mass is 10.2. The molecule has 6 nitrogen and oxygen atoms in total.